The molecule has 0 aromatic rings. The lowest BCUT2D eigenvalue weighted by Crippen LogP contribution is -2.43. The summed E-state index contributed by atoms with van der Waals surface area (Å²) in [6, 6.07) is 0.212. The fourth-order valence-electron chi connectivity index (χ4n) is 1.92. The van der Waals surface area contributed by atoms with Gasteiger partial charge >= 0.3 is 0 Å². The topological polar surface area (TPSA) is 64.4 Å². The molecule has 2 rings (SSSR count). The molecular weight excluding hydrogens is 168 g/mol. The summed E-state index contributed by atoms with van der Waals surface area (Å²) in [7, 11) is 0. The Labute approximate surface area is 77.8 Å². The van der Waals surface area contributed by atoms with Crippen molar-refractivity contribution in [3.8, 4) is 0 Å². The molecular formula is C9H16N2O2. The number of nitrogens with two attached hydrogens (primary N) is 1. The van der Waals surface area contributed by atoms with E-state index in [0.717, 1.165) is 13.0 Å². The molecule has 0 spiro atoms. The smallest absolute Gasteiger partial charge is 0.234 e. The first-order chi connectivity index (χ1) is 6.31. The Balaban J connectivity index is 1.85. The fourth-order valence-corrected chi connectivity index (χ4v) is 1.92. The number of carbonyl (C=O) groups excluding carboxylic acids is 1. The average Bonchev–Trinajstić information content (AvgIpc) is 2.88. The van der Waals surface area contributed by atoms with Crippen LogP contribution in [0.1, 0.15) is 19.3 Å². The summed E-state index contributed by atoms with van der Waals surface area (Å²) in [6.45, 7) is 0.852. The van der Waals surface area contributed by atoms with E-state index in [1.54, 1.807) is 0 Å². The minimum Gasteiger partial charge on any atom is -0.376 e. The minimum absolute atomic E-state index is 0.0684. The Morgan fingerprint density at radius 1 is 1.46 bits per heavy atom. The van der Waals surface area contributed by atoms with Crippen LogP contribution in [-0.4, -0.2) is 31.2 Å². The van der Waals surface area contributed by atoms with Crippen molar-refractivity contribution in [2.45, 2.75) is 31.4 Å². The normalized spacial score (nSPS) is 33.3. The van der Waals surface area contributed by atoms with Crippen molar-refractivity contribution in [3.63, 3.8) is 0 Å². The number of amides is 1. The summed E-state index contributed by atoms with van der Waals surface area (Å²) in [5.74, 6) is 0.617. The summed E-state index contributed by atoms with van der Waals surface area (Å²) < 4.78 is 5.58. The van der Waals surface area contributed by atoms with Crippen molar-refractivity contribution in [2.24, 2.45) is 11.7 Å². The molecule has 1 heterocycles. The first kappa shape index (κ1) is 8.97. The van der Waals surface area contributed by atoms with Crippen molar-refractivity contribution in [1.82, 2.24) is 5.32 Å². The van der Waals surface area contributed by atoms with Gasteiger partial charge in [0.15, 0.2) is 0 Å². The first-order valence-electron chi connectivity index (χ1n) is 4.92. The van der Waals surface area contributed by atoms with Crippen LogP contribution < -0.4 is 11.1 Å². The molecule has 0 bridgehead atoms. The first-order valence-corrected chi connectivity index (χ1v) is 4.92. The molecule has 1 aliphatic carbocycles. The monoisotopic (exact) mass is 184 g/mol. The van der Waals surface area contributed by atoms with E-state index < -0.39 is 0 Å². The molecule has 2 aliphatic rings. The number of hydrogen-bond acceptors (Lipinski definition) is 3. The third-order valence-electron chi connectivity index (χ3n) is 2.75. The quantitative estimate of drug-likeness (QED) is 0.629. The van der Waals surface area contributed by atoms with Crippen molar-refractivity contribution >= 4 is 5.91 Å². The SMILES string of the molecule is NCC(=O)NC1CCOC1C1CC1. The predicted octanol–water partition coefficient (Wildman–Crippen LogP) is -0.371. The van der Waals surface area contributed by atoms with Gasteiger partial charge in [0.2, 0.25) is 5.91 Å². The Hall–Kier alpha value is -0.610. The molecule has 1 saturated carbocycles. The zero-order valence-electron chi connectivity index (χ0n) is 7.66. The maximum absolute atomic E-state index is 11.1. The molecule has 0 aromatic carbocycles. The highest BCUT2D eigenvalue weighted by Gasteiger charge is 2.40. The largest absolute Gasteiger partial charge is 0.376 e. The van der Waals surface area contributed by atoms with E-state index in [2.05, 4.69) is 5.32 Å². The fraction of sp³-hybridized carbons (Fsp3) is 0.889. The van der Waals surface area contributed by atoms with Crippen molar-refractivity contribution in [1.29, 1.82) is 0 Å². The zero-order chi connectivity index (χ0) is 9.26. The summed E-state index contributed by atoms with van der Waals surface area (Å²) in [5.41, 5.74) is 5.23. The molecule has 2 atom stereocenters. The van der Waals surface area contributed by atoms with E-state index in [0.29, 0.717) is 5.92 Å². The van der Waals surface area contributed by atoms with Gasteiger partial charge in [-0.25, -0.2) is 0 Å². The summed E-state index contributed by atoms with van der Waals surface area (Å²) >= 11 is 0. The van der Waals surface area contributed by atoms with E-state index in [1.807, 2.05) is 0 Å². The van der Waals surface area contributed by atoms with Crippen LogP contribution in [-0.2, 0) is 9.53 Å². The summed E-state index contributed by atoms with van der Waals surface area (Å²) in [6.07, 6.45) is 3.70. The van der Waals surface area contributed by atoms with Gasteiger partial charge in [-0.15, -0.1) is 0 Å². The van der Waals surface area contributed by atoms with Crippen LogP contribution >= 0.6 is 0 Å². The second kappa shape index (κ2) is 3.64. The van der Waals surface area contributed by atoms with Gasteiger partial charge < -0.3 is 15.8 Å². The van der Waals surface area contributed by atoms with Crippen molar-refractivity contribution < 1.29 is 9.53 Å². The molecule has 0 aromatic heterocycles. The van der Waals surface area contributed by atoms with E-state index in [1.165, 1.54) is 12.8 Å². The number of ether oxygens (including phenoxy) is 1. The third kappa shape index (κ3) is 2.00. The van der Waals surface area contributed by atoms with Crippen LogP contribution in [0.3, 0.4) is 0 Å². The predicted molar refractivity (Wildman–Crippen MR) is 48.1 cm³/mol. The summed E-state index contributed by atoms with van der Waals surface area (Å²) in [4.78, 5) is 11.1. The van der Waals surface area contributed by atoms with E-state index in [4.69, 9.17) is 10.5 Å². The number of carbonyl (C=O) groups is 1. The van der Waals surface area contributed by atoms with Crippen LogP contribution in [0.4, 0.5) is 0 Å². The molecule has 0 radical (unpaired) electrons. The van der Waals surface area contributed by atoms with Gasteiger partial charge in [0.1, 0.15) is 0 Å². The van der Waals surface area contributed by atoms with Crippen molar-refractivity contribution in [2.75, 3.05) is 13.2 Å². The molecule has 2 fully saturated rings. The average molecular weight is 184 g/mol. The second-order valence-corrected chi connectivity index (χ2v) is 3.84. The van der Waals surface area contributed by atoms with E-state index in [-0.39, 0.29) is 24.6 Å². The molecule has 4 nitrogen and oxygen atoms in total. The molecule has 4 heteroatoms. The van der Waals surface area contributed by atoms with Gasteiger partial charge in [-0.2, -0.15) is 0 Å². The Kier molecular flexibility index (Phi) is 2.51. The van der Waals surface area contributed by atoms with Gasteiger partial charge in [-0.3, -0.25) is 4.79 Å². The maximum atomic E-state index is 11.1. The standard InChI is InChI=1S/C9H16N2O2/c10-5-8(12)11-7-3-4-13-9(7)6-1-2-6/h6-7,9H,1-5,10H2,(H,11,12). The molecule has 1 saturated heterocycles. The third-order valence-corrected chi connectivity index (χ3v) is 2.75. The number of nitrogens with one attached hydrogen (secondary N) is 1. The van der Waals surface area contributed by atoms with Crippen LogP contribution in [0.2, 0.25) is 0 Å². The zero-order valence-corrected chi connectivity index (χ0v) is 7.66. The number of hydrogen-bond donors (Lipinski definition) is 2. The van der Waals surface area contributed by atoms with Gasteiger partial charge in [0, 0.05) is 6.61 Å². The lowest BCUT2D eigenvalue weighted by Gasteiger charge is -2.18. The molecule has 3 N–H and O–H groups in total. The van der Waals surface area contributed by atoms with Gasteiger partial charge in [-0.05, 0) is 25.2 Å². The van der Waals surface area contributed by atoms with Crippen LogP contribution in [0, 0.1) is 5.92 Å². The Morgan fingerprint density at radius 2 is 2.23 bits per heavy atom. The van der Waals surface area contributed by atoms with Gasteiger partial charge in [0.05, 0.1) is 18.7 Å². The lowest BCUT2D eigenvalue weighted by molar-refractivity contribution is -0.120. The van der Waals surface area contributed by atoms with Crippen LogP contribution in [0.15, 0.2) is 0 Å². The van der Waals surface area contributed by atoms with Gasteiger partial charge in [0.25, 0.3) is 0 Å². The molecule has 1 aliphatic heterocycles. The number of rotatable bonds is 3. The van der Waals surface area contributed by atoms with E-state index in [9.17, 15) is 4.79 Å². The van der Waals surface area contributed by atoms with E-state index >= 15 is 0 Å². The molecule has 74 valence electrons. The second-order valence-electron chi connectivity index (χ2n) is 3.84. The Morgan fingerprint density at radius 3 is 2.85 bits per heavy atom. The minimum atomic E-state index is -0.0684. The van der Waals surface area contributed by atoms with Crippen LogP contribution in [0.25, 0.3) is 0 Å². The van der Waals surface area contributed by atoms with Gasteiger partial charge in [-0.1, -0.05) is 0 Å². The Bertz CT molecular complexity index is 204. The molecule has 2 unspecified atom stereocenters. The highest BCUT2D eigenvalue weighted by atomic mass is 16.5. The molecule has 1 amide bonds. The van der Waals surface area contributed by atoms with Crippen molar-refractivity contribution in [3.05, 3.63) is 0 Å². The highest BCUT2D eigenvalue weighted by molar-refractivity contribution is 5.78. The summed E-state index contributed by atoms with van der Waals surface area (Å²) in [5, 5.41) is 2.91. The lowest BCUT2D eigenvalue weighted by atomic mass is 10.1. The van der Waals surface area contributed by atoms with Crippen LogP contribution in [0.5, 0.6) is 0 Å². The maximum Gasteiger partial charge on any atom is 0.234 e. The molecule has 13 heavy (non-hydrogen) atoms. The highest BCUT2D eigenvalue weighted by Crippen LogP contribution is 2.38.